The van der Waals surface area contributed by atoms with E-state index in [-0.39, 0.29) is 6.17 Å². The first-order valence-corrected chi connectivity index (χ1v) is 11.5. The second-order valence-corrected chi connectivity index (χ2v) is 8.49. The van der Waals surface area contributed by atoms with Crippen LogP contribution in [0, 0.1) is 6.92 Å². The van der Waals surface area contributed by atoms with Gasteiger partial charge in [0.25, 0.3) is 0 Å². The Labute approximate surface area is 203 Å². The van der Waals surface area contributed by atoms with Gasteiger partial charge in [0, 0.05) is 28.6 Å². The van der Waals surface area contributed by atoms with Crippen LogP contribution in [0.1, 0.15) is 17.4 Å². The molecule has 0 spiro atoms. The number of anilines is 1. The monoisotopic (exact) mass is 463 g/mol. The molecule has 0 aliphatic carbocycles. The van der Waals surface area contributed by atoms with Gasteiger partial charge in [0.15, 0.2) is 17.7 Å². The van der Waals surface area contributed by atoms with E-state index in [1.54, 1.807) is 14.2 Å². The van der Waals surface area contributed by atoms with E-state index in [0.717, 1.165) is 45.1 Å². The van der Waals surface area contributed by atoms with E-state index >= 15 is 0 Å². The summed E-state index contributed by atoms with van der Waals surface area (Å²) >= 11 is 0. The van der Waals surface area contributed by atoms with Crippen molar-refractivity contribution in [2.24, 2.45) is 0 Å². The lowest BCUT2D eigenvalue weighted by Crippen LogP contribution is -2.25. The van der Waals surface area contributed by atoms with Crippen molar-refractivity contribution < 1.29 is 9.47 Å². The summed E-state index contributed by atoms with van der Waals surface area (Å²) in [4.78, 5) is 0. The van der Waals surface area contributed by atoms with Gasteiger partial charge in [-0.3, -0.25) is 0 Å². The normalized spacial score (nSPS) is 14.1. The number of ether oxygens (including phenoxy) is 2. The van der Waals surface area contributed by atoms with E-state index < -0.39 is 0 Å². The molecule has 0 bridgehead atoms. The second kappa shape index (κ2) is 8.36. The van der Waals surface area contributed by atoms with Gasteiger partial charge in [-0.2, -0.15) is 10.2 Å². The molecule has 5 aromatic rings. The molecular weight excluding hydrogens is 438 g/mol. The SMILES string of the molecule is COc1ccc(-c2nn(-c3ccccc3)cc2C2Nc3ccccc3-c3cc(C)nn32)cc1OC. The predicted octanol–water partition coefficient (Wildman–Crippen LogP) is 5.70. The Morgan fingerprint density at radius 3 is 2.40 bits per heavy atom. The largest absolute Gasteiger partial charge is 0.493 e. The number of rotatable bonds is 5. The Hall–Kier alpha value is -4.52. The minimum absolute atomic E-state index is 0.242. The molecule has 0 amide bonds. The molecule has 35 heavy (non-hydrogen) atoms. The molecule has 6 rings (SSSR count). The van der Waals surface area contributed by atoms with Gasteiger partial charge < -0.3 is 14.8 Å². The Kier molecular flexibility index (Phi) is 5.03. The molecule has 1 aliphatic rings. The Morgan fingerprint density at radius 2 is 1.60 bits per heavy atom. The fourth-order valence-electron chi connectivity index (χ4n) is 4.67. The number of nitrogens with zero attached hydrogens (tertiary/aromatic N) is 4. The van der Waals surface area contributed by atoms with Gasteiger partial charge in [-0.1, -0.05) is 36.4 Å². The molecule has 3 heterocycles. The third-order valence-electron chi connectivity index (χ3n) is 6.31. The molecule has 1 N–H and O–H groups in total. The number of hydrogen-bond donors (Lipinski definition) is 1. The minimum Gasteiger partial charge on any atom is -0.493 e. The van der Waals surface area contributed by atoms with Gasteiger partial charge in [0.05, 0.1) is 31.3 Å². The van der Waals surface area contributed by atoms with E-state index in [0.29, 0.717) is 11.5 Å². The highest BCUT2D eigenvalue weighted by Crippen LogP contribution is 2.42. The predicted molar refractivity (Wildman–Crippen MR) is 136 cm³/mol. The summed E-state index contributed by atoms with van der Waals surface area (Å²) in [5, 5.41) is 13.6. The number of para-hydroxylation sites is 2. The van der Waals surface area contributed by atoms with E-state index in [2.05, 4.69) is 35.8 Å². The summed E-state index contributed by atoms with van der Waals surface area (Å²) in [6, 6.07) is 26.4. The fourth-order valence-corrected chi connectivity index (χ4v) is 4.67. The van der Waals surface area contributed by atoms with Crippen LogP contribution in [0.3, 0.4) is 0 Å². The Balaban J connectivity index is 1.56. The smallest absolute Gasteiger partial charge is 0.161 e. The topological polar surface area (TPSA) is 66.1 Å². The average molecular weight is 464 g/mol. The Bertz CT molecular complexity index is 1520. The molecule has 7 heteroatoms. The maximum atomic E-state index is 5.59. The van der Waals surface area contributed by atoms with Crippen LogP contribution in [-0.4, -0.2) is 33.8 Å². The molecule has 7 nitrogen and oxygen atoms in total. The van der Waals surface area contributed by atoms with Crippen molar-refractivity contribution >= 4 is 5.69 Å². The molecule has 1 aliphatic heterocycles. The molecule has 0 fully saturated rings. The van der Waals surface area contributed by atoms with Crippen LogP contribution in [0.4, 0.5) is 5.69 Å². The van der Waals surface area contributed by atoms with Crippen LogP contribution in [0.5, 0.6) is 11.5 Å². The maximum absolute atomic E-state index is 5.59. The molecule has 1 atom stereocenters. The van der Waals surface area contributed by atoms with E-state index in [1.165, 1.54) is 0 Å². The fraction of sp³-hybridized carbons (Fsp3) is 0.143. The molecule has 174 valence electrons. The number of aryl methyl sites for hydroxylation is 1. The Morgan fingerprint density at radius 1 is 0.829 bits per heavy atom. The van der Waals surface area contributed by atoms with Crippen LogP contribution in [-0.2, 0) is 0 Å². The van der Waals surface area contributed by atoms with Crippen molar-refractivity contribution in [2.45, 2.75) is 13.1 Å². The molecule has 1 unspecified atom stereocenters. The molecular formula is C28H25N5O2. The zero-order valence-corrected chi connectivity index (χ0v) is 19.8. The van der Waals surface area contributed by atoms with Crippen LogP contribution < -0.4 is 14.8 Å². The highest BCUT2D eigenvalue weighted by molar-refractivity contribution is 5.79. The third kappa shape index (κ3) is 3.52. The lowest BCUT2D eigenvalue weighted by Gasteiger charge is -2.29. The standard InChI is InChI=1S/C28H25N5O2/c1-18-15-24-21-11-7-8-12-23(21)29-28(33(24)30-18)22-17-32(20-9-5-4-6-10-20)31-27(22)19-13-14-25(34-2)26(16-19)35-3/h4-17,28-29H,1-3H3. The molecule has 0 saturated heterocycles. The van der Waals surface area contributed by atoms with Gasteiger partial charge in [-0.05, 0) is 49.4 Å². The van der Waals surface area contributed by atoms with Crippen molar-refractivity contribution in [1.82, 2.24) is 19.6 Å². The minimum atomic E-state index is -0.242. The maximum Gasteiger partial charge on any atom is 0.161 e. The van der Waals surface area contributed by atoms with Crippen molar-refractivity contribution in [3.05, 3.63) is 96.3 Å². The van der Waals surface area contributed by atoms with Crippen LogP contribution in [0.15, 0.2) is 85.1 Å². The summed E-state index contributed by atoms with van der Waals surface area (Å²) < 4.78 is 15.0. The number of aromatic nitrogens is 4. The van der Waals surface area contributed by atoms with Crippen LogP contribution in [0.2, 0.25) is 0 Å². The van der Waals surface area contributed by atoms with E-state index in [1.807, 2.05) is 70.9 Å². The van der Waals surface area contributed by atoms with Crippen molar-refractivity contribution in [2.75, 3.05) is 19.5 Å². The van der Waals surface area contributed by atoms with Crippen LogP contribution >= 0.6 is 0 Å². The highest BCUT2D eigenvalue weighted by Gasteiger charge is 2.30. The van der Waals surface area contributed by atoms with Gasteiger partial charge >= 0.3 is 0 Å². The molecule has 2 aromatic heterocycles. The van der Waals surface area contributed by atoms with Gasteiger partial charge in [0.1, 0.15) is 5.69 Å². The zero-order valence-electron chi connectivity index (χ0n) is 19.8. The zero-order chi connectivity index (χ0) is 23.9. The number of nitrogens with one attached hydrogen (secondary N) is 1. The summed E-state index contributed by atoms with van der Waals surface area (Å²) in [6.45, 7) is 2.02. The molecule has 3 aromatic carbocycles. The third-order valence-corrected chi connectivity index (χ3v) is 6.31. The average Bonchev–Trinajstić information content (AvgIpc) is 3.52. The first-order valence-electron chi connectivity index (χ1n) is 11.5. The highest BCUT2D eigenvalue weighted by atomic mass is 16.5. The second-order valence-electron chi connectivity index (χ2n) is 8.49. The summed E-state index contributed by atoms with van der Waals surface area (Å²) in [5.74, 6) is 1.33. The van der Waals surface area contributed by atoms with Crippen molar-refractivity contribution in [1.29, 1.82) is 0 Å². The lowest BCUT2D eigenvalue weighted by atomic mass is 10.0. The van der Waals surface area contributed by atoms with Crippen molar-refractivity contribution in [3.8, 4) is 39.7 Å². The van der Waals surface area contributed by atoms with Crippen LogP contribution in [0.25, 0.3) is 28.2 Å². The summed E-state index contributed by atoms with van der Waals surface area (Å²) in [7, 11) is 3.28. The van der Waals surface area contributed by atoms with Gasteiger partial charge in [-0.25, -0.2) is 9.36 Å². The first-order chi connectivity index (χ1) is 17.2. The molecule has 0 saturated carbocycles. The van der Waals surface area contributed by atoms with Gasteiger partial charge in [-0.15, -0.1) is 0 Å². The van der Waals surface area contributed by atoms with Gasteiger partial charge in [0.2, 0.25) is 0 Å². The molecule has 0 radical (unpaired) electrons. The summed E-state index contributed by atoms with van der Waals surface area (Å²) in [5.41, 5.74) is 7.99. The number of methoxy groups -OCH3 is 2. The number of fused-ring (bicyclic) bond motifs is 3. The number of hydrogen-bond acceptors (Lipinski definition) is 5. The van der Waals surface area contributed by atoms with E-state index in [4.69, 9.17) is 19.7 Å². The summed E-state index contributed by atoms with van der Waals surface area (Å²) in [6.07, 6.45) is 1.84. The quantitative estimate of drug-likeness (QED) is 0.362. The number of benzene rings is 3. The lowest BCUT2D eigenvalue weighted by molar-refractivity contribution is 0.355. The van der Waals surface area contributed by atoms with E-state index in [9.17, 15) is 0 Å². The first kappa shape index (κ1) is 21.0. The van der Waals surface area contributed by atoms with Crippen molar-refractivity contribution in [3.63, 3.8) is 0 Å².